The lowest BCUT2D eigenvalue weighted by Gasteiger charge is -2.35. The molecule has 1 saturated heterocycles. The van der Waals surface area contributed by atoms with Crippen LogP contribution in [0.2, 0.25) is 0 Å². The van der Waals surface area contributed by atoms with E-state index in [4.69, 9.17) is 44.3 Å². The molecule has 32 heavy (non-hydrogen) atoms. The molecule has 0 unspecified atom stereocenters. The van der Waals surface area contributed by atoms with Crippen LogP contribution in [0.15, 0.2) is 0 Å². The maximum atomic E-state index is 12.8. The minimum atomic E-state index is -1.73. The molecule has 1 heterocycles. The van der Waals surface area contributed by atoms with E-state index in [9.17, 15) is 19.2 Å². The summed E-state index contributed by atoms with van der Waals surface area (Å²) in [6, 6.07) is -2.53. The zero-order chi connectivity index (χ0) is 24.6. The fourth-order valence-corrected chi connectivity index (χ4v) is 3.39. The number of alkyl halides is 3. The van der Waals surface area contributed by atoms with Crippen molar-refractivity contribution in [1.29, 1.82) is 0 Å². The van der Waals surface area contributed by atoms with Crippen LogP contribution in [0.25, 0.3) is 0 Å². The number of hydrogen-bond donors (Lipinski definition) is 2. The van der Waals surface area contributed by atoms with Crippen LogP contribution in [0.4, 0.5) is 4.79 Å². The summed E-state index contributed by atoms with van der Waals surface area (Å²) in [6.45, 7) is 6.86. The maximum Gasteiger partial charge on any atom is 0.410 e. The third kappa shape index (κ3) is 8.80. The van der Waals surface area contributed by atoms with E-state index < -0.39 is 52.4 Å². The van der Waals surface area contributed by atoms with Crippen molar-refractivity contribution in [2.24, 2.45) is 5.92 Å². The molecule has 0 saturated carbocycles. The number of likely N-dealkylation sites (N-methyl/N-ethyl adjacent to an activating group) is 1. The quantitative estimate of drug-likeness (QED) is 0.373. The summed E-state index contributed by atoms with van der Waals surface area (Å²) in [7, 11) is 1.47. The standard InChI is InChI=1S/C19H31Cl3N4O6/c1-6-31-18(30)25(5)14(11(2)3)15(27)23-12(4)16(28)26-9-7-8-13(24-26)17(29)32-10-19(20,21)22/h11-14,24H,6-10H2,1-5H3,(H,23,27)/t12-,13-,14-/m0/s1. The molecule has 0 spiro atoms. The van der Waals surface area contributed by atoms with Crippen LogP contribution in [-0.2, 0) is 23.9 Å². The van der Waals surface area contributed by atoms with Gasteiger partial charge in [0.2, 0.25) is 9.70 Å². The van der Waals surface area contributed by atoms with Crippen molar-refractivity contribution in [3.05, 3.63) is 0 Å². The Balaban J connectivity index is 2.74. The Bertz CT molecular complexity index is 688. The topological polar surface area (TPSA) is 117 Å². The molecule has 0 aromatic carbocycles. The van der Waals surface area contributed by atoms with Gasteiger partial charge in [-0.2, -0.15) is 0 Å². The van der Waals surface area contributed by atoms with Gasteiger partial charge in [0.05, 0.1) is 6.61 Å². The van der Waals surface area contributed by atoms with Gasteiger partial charge in [-0.3, -0.25) is 24.3 Å². The van der Waals surface area contributed by atoms with Crippen LogP contribution in [0.3, 0.4) is 0 Å². The molecular formula is C19H31Cl3N4O6. The van der Waals surface area contributed by atoms with Crippen molar-refractivity contribution >= 4 is 58.7 Å². The minimum Gasteiger partial charge on any atom is -0.460 e. The molecule has 1 aliphatic rings. The first kappa shape index (κ1) is 28.5. The molecule has 1 fully saturated rings. The molecule has 13 heteroatoms. The van der Waals surface area contributed by atoms with Crippen LogP contribution in [0.5, 0.6) is 0 Å². The Morgan fingerprint density at radius 1 is 1.19 bits per heavy atom. The van der Waals surface area contributed by atoms with Crippen molar-refractivity contribution in [2.75, 3.05) is 26.8 Å². The number of halogens is 3. The van der Waals surface area contributed by atoms with E-state index in [0.29, 0.717) is 19.4 Å². The van der Waals surface area contributed by atoms with Crippen LogP contribution in [0.1, 0.15) is 40.5 Å². The lowest BCUT2D eigenvalue weighted by molar-refractivity contribution is -0.153. The number of nitrogens with one attached hydrogen (secondary N) is 2. The molecule has 10 nitrogen and oxygen atoms in total. The number of nitrogens with zero attached hydrogens (tertiary/aromatic N) is 2. The minimum absolute atomic E-state index is 0.177. The molecule has 3 amide bonds. The molecule has 1 rings (SSSR count). The van der Waals surface area contributed by atoms with Crippen molar-refractivity contribution in [3.8, 4) is 0 Å². The van der Waals surface area contributed by atoms with Gasteiger partial charge in [0.15, 0.2) is 0 Å². The van der Waals surface area contributed by atoms with Crippen LogP contribution in [0, 0.1) is 5.92 Å². The second-order valence-electron chi connectivity index (χ2n) is 7.77. The summed E-state index contributed by atoms with van der Waals surface area (Å²) >= 11 is 16.8. The van der Waals surface area contributed by atoms with Crippen LogP contribution < -0.4 is 10.7 Å². The van der Waals surface area contributed by atoms with E-state index in [-0.39, 0.29) is 12.5 Å². The normalized spacial score (nSPS) is 18.5. The fraction of sp³-hybridized carbons (Fsp3) is 0.789. The van der Waals surface area contributed by atoms with Gasteiger partial charge in [-0.15, -0.1) is 0 Å². The largest absolute Gasteiger partial charge is 0.460 e. The second kappa shape index (κ2) is 12.7. The summed E-state index contributed by atoms with van der Waals surface area (Å²) < 4.78 is 8.20. The zero-order valence-electron chi connectivity index (χ0n) is 18.8. The highest BCUT2D eigenvalue weighted by atomic mass is 35.6. The Morgan fingerprint density at radius 3 is 2.34 bits per heavy atom. The predicted octanol–water partition coefficient (Wildman–Crippen LogP) is 2.01. The number of amides is 3. The van der Waals surface area contributed by atoms with E-state index in [1.54, 1.807) is 20.8 Å². The monoisotopic (exact) mass is 516 g/mol. The SMILES string of the molecule is CCOC(=O)N(C)[C@H](C(=O)N[C@@H](C)C(=O)N1CCC[C@@H](C(=O)OCC(Cl)(Cl)Cl)N1)C(C)C. The highest BCUT2D eigenvalue weighted by Gasteiger charge is 2.35. The predicted molar refractivity (Wildman–Crippen MR) is 120 cm³/mol. The molecular weight excluding hydrogens is 487 g/mol. The molecule has 0 aliphatic carbocycles. The maximum absolute atomic E-state index is 12.8. The molecule has 2 N–H and O–H groups in total. The Kier molecular flexibility index (Phi) is 11.3. The smallest absolute Gasteiger partial charge is 0.410 e. The summed E-state index contributed by atoms with van der Waals surface area (Å²) in [5, 5.41) is 3.90. The van der Waals surface area contributed by atoms with E-state index in [1.807, 2.05) is 0 Å². The first-order valence-corrected chi connectivity index (χ1v) is 11.4. The van der Waals surface area contributed by atoms with Gasteiger partial charge < -0.3 is 14.8 Å². The van der Waals surface area contributed by atoms with E-state index in [2.05, 4.69) is 10.7 Å². The number of hydrazine groups is 1. The van der Waals surface area contributed by atoms with Gasteiger partial charge in [0, 0.05) is 13.6 Å². The number of hydrogen-bond acceptors (Lipinski definition) is 7. The highest BCUT2D eigenvalue weighted by Crippen LogP contribution is 2.26. The van der Waals surface area contributed by atoms with Gasteiger partial charge in [0.25, 0.3) is 5.91 Å². The Hall–Kier alpha value is -1.49. The summed E-state index contributed by atoms with van der Waals surface area (Å²) in [4.78, 5) is 51.1. The number of ether oxygens (including phenoxy) is 2. The van der Waals surface area contributed by atoms with Gasteiger partial charge in [0.1, 0.15) is 24.7 Å². The highest BCUT2D eigenvalue weighted by molar-refractivity contribution is 6.67. The molecule has 0 bridgehead atoms. The van der Waals surface area contributed by atoms with E-state index >= 15 is 0 Å². The fourth-order valence-electron chi connectivity index (χ4n) is 3.23. The first-order valence-electron chi connectivity index (χ1n) is 10.3. The number of carbonyl (C=O) groups excluding carboxylic acids is 4. The zero-order valence-corrected chi connectivity index (χ0v) is 21.1. The Labute approximate surface area is 203 Å². The number of esters is 1. The van der Waals surface area contributed by atoms with Crippen molar-refractivity contribution < 1.29 is 28.7 Å². The summed E-state index contributed by atoms with van der Waals surface area (Å²) in [6.07, 6.45) is 0.338. The van der Waals surface area contributed by atoms with Crippen molar-refractivity contribution in [1.82, 2.24) is 20.7 Å². The summed E-state index contributed by atoms with van der Waals surface area (Å²) in [5.41, 5.74) is 2.80. The molecule has 0 aromatic heterocycles. The summed E-state index contributed by atoms with van der Waals surface area (Å²) in [5.74, 6) is -1.82. The molecule has 0 aromatic rings. The molecule has 3 atom stereocenters. The first-order chi connectivity index (χ1) is 14.8. The lowest BCUT2D eigenvalue weighted by atomic mass is 10.0. The number of carbonyl (C=O) groups is 4. The average Bonchev–Trinajstić information content (AvgIpc) is 2.70. The lowest BCUT2D eigenvalue weighted by Crippen LogP contribution is -2.61. The third-order valence-electron chi connectivity index (χ3n) is 4.72. The van der Waals surface area contributed by atoms with E-state index in [0.717, 1.165) is 0 Å². The van der Waals surface area contributed by atoms with Crippen LogP contribution in [-0.4, -0.2) is 82.5 Å². The third-order valence-corrected chi connectivity index (χ3v) is 5.04. The Morgan fingerprint density at radius 2 is 1.81 bits per heavy atom. The average molecular weight is 518 g/mol. The van der Waals surface area contributed by atoms with E-state index in [1.165, 1.54) is 23.9 Å². The van der Waals surface area contributed by atoms with Gasteiger partial charge in [-0.25, -0.2) is 10.2 Å². The van der Waals surface area contributed by atoms with Crippen LogP contribution >= 0.6 is 34.8 Å². The molecule has 184 valence electrons. The second-order valence-corrected chi connectivity index (χ2v) is 10.3. The molecule has 0 radical (unpaired) electrons. The van der Waals surface area contributed by atoms with Crippen molar-refractivity contribution in [2.45, 2.75) is 62.5 Å². The van der Waals surface area contributed by atoms with Gasteiger partial charge in [-0.1, -0.05) is 48.7 Å². The van der Waals surface area contributed by atoms with Gasteiger partial charge in [-0.05, 0) is 32.6 Å². The van der Waals surface area contributed by atoms with Crippen molar-refractivity contribution in [3.63, 3.8) is 0 Å². The van der Waals surface area contributed by atoms with Gasteiger partial charge >= 0.3 is 12.1 Å². The molecule has 1 aliphatic heterocycles. The number of rotatable bonds is 8.